The van der Waals surface area contributed by atoms with E-state index < -0.39 is 4.92 Å². The normalized spacial score (nSPS) is 10.1. The lowest BCUT2D eigenvalue weighted by Gasteiger charge is -2.06. The van der Waals surface area contributed by atoms with E-state index in [1.54, 1.807) is 19.1 Å². The van der Waals surface area contributed by atoms with E-state index in [-0.39, 0.29) is 11.5 Å². The molecule has 5 heteroatoms. The Labute approximate surface area is 106 Å². The second kappa shape index (κ2) is 6.74. The van der Waals surface area contributed by atoms with E-state index >= 15 is 0 Å². The number of benzene rings is 1. The minimum atomic E-state index is -0.418. The number of carbonyl (C=O) groups is 1. The molecule has 0 fully saturated rings. The fourth-order valence-corrected chi connectivity index (χ4v) is 1.56. The largest absolute Gasteiger partial charge is 0.494 e. The third-order valence-corrected chi connectivity index (χ3v) is 2.63. The van der Waals surface area contributed by atoms with Crippen LogP contribution < -0.4 is 4.74 Å². The van der Waals surface area contributed by atoms with Gasteiger partial charge in [-0.1, -0.05) is 6.92 Å². The molecule has 0 spiro atoms. The lowest BCUT2D eigenvalue weighted by molar-refractivity contribution is -0.385. The number of aryl methyl sites for hydroxylation is 1. The van der Waals surface area contributed by atoms with E-state index in [2.05, 4.69) is 0 Å². The average Bonchev–Trinajstić information content (AvgIpc) is 2.34. The summed E-state index contributed by atoms with van der Waals surface area (Å²) in [4.78, 5) is 21.3. The van der Waals surface area contributed by atoms with Gasteiger partial charge in [0.05, 0.1) is 11.5 Å². The standard InChI is InChI=1S/C13H17NO4/c1-3-11(15)5-4-8-18-12-6-7-13(14(16)17)10(2)9-12/h6-7,9H,3-5,8H2,1-2H3. The Hall–Kier alpha value is -1.91. The van der Waals surface area contributed by atoms with Crippen molar-refractivity contribution in [3.63, 3.8) is 0 Å². The Balaban J connectivity index is 2.46. The summed E-state index contributed by atoms with van der Waals surface area (Å²) in [5, 5.41) is 10.6. The molecule has 0 saturated heterocycles. The summed E-state index contributed by atoms with van der Waals surface area (Å²) in [6.07, 6.45) is 1.74. The van der Waals surface area contributed by atoms with Crippen LogP contribution >= 0.6 is 0 Å². The van der Waals surface area contributed by atoms with Gasteiger partial charge in [0.2, 0.25) is 0 Å². The molecule has 0 radical (unpaired) electrons. The Morgan fingerprint density at radius 1 is 1.44 bits per heavy atom. The molecule has 5 nitrogen and oxygen atoms in total. The number of ketones is 1. The molecule has 98 valence electrons. The van der Waals surface area contributed by atoms with E-state index in [1.165, 1.54) is 6.07 Å². The fourth-order valence-electron chi connectivity index (χ4n) is 1.56. The highest BCUT2D eigenvalue weighted by molar-refractivity contribution is 5.77. The molecular formula is C13H17NO4. The number of hydrogen-bond donors (Lipinski definition) is 0. The molecule has 0 aromatic heterocycles. The maximum atomic E-state index is 11.1. The van der Waals surface area contributed by atoms with Crippen LogP contribution in [0.5, 0.6) is 5.75 Å². The first-order valence-electron chi connectivity index (χ1n) is 5.94. The first kappa shape index (κ1) is 14.2. The summed E-state index contributed by atoms with van der Waals surface area (Å²) >= 11 is 0. The third-order valence-electron chi connectivity index (χ3n) is 2.63. The van der Waals surface area contributed by atoms with Crippen LogP contribution in [0, 0.1) is 17.0 Å². The number of carbonyl (C=O) groups excluding carboxylic acids is 1. The third kappa shape index (κ3) is 4.16. The van der Waals surface area contributed by atoms with Gasteiger partial charge in [-0.15, -0.1) is 0 Å². The van der Waals surface area contributed by atoms with Gasteiger partial charge in [0.25, 0.3) is 5.69 Å². The minimum absolute atomic E-state index is 0.0866. The Morgan fingerprint density at radius 3 is 2.72 bits per heavy atom. The molecule has 0 heterocycles. The van der Waals surface area contributed by atoms with E-state index in [1.807, 2.05) is 6.92 Å². The Morgan fingerprint density at radius 2 is 2.17 bits per heavy atom. The Kier molecular flexibility index (Phi) is 5.30. The summed E-state index contributed by atoms with van der Waals surface area (Å²) in [6, 6.07) is 4.65. The molecule has 1 aromatic carbocycles. The second-order valence-corrected chi connectivity index (χ2v) is 4.05. The van der Waals surface area contributed by atoms with Gasteiger partial charge in [-0.2, -0.15) is 0 Å². The summed E-state index contributed by atoms with van der Waals surface area (Å²) in [6.45, 7) is 3.96. The molecule has 0 atom stereocenters. The molecule has 1 aromatic rings. The van der Waals surface area contributed by atoms with E-state index in [4.69, 9.17) is 4.74 Å². The van der Waals surface area contributed by atoms with Crippen LogP contribution in [-0.2, 0) is 4.79 Å². The van der Waals surface area contributed by atoms with Crippen molar-refractivity contribution in [3.8, 4) is 5.75 Å². The van der Waals surface area contributed by atoms with Gasteiger partial charge in [0.15, 0.2) is 0 Å². The zero-order valence-corrected chi connectivity index (χ0v) is 10.6. The molecule has 1 rings (SSSR count). The second-order valence-electron chi connectivity index (χ2n) is 4.05. The zero-order chi connectivity index (χ0) is 13.5. The SMILES string of the molecule is CCC(=O)CCCOc1ccc([N+](=O)[O-])c(C)c1. The first-order chi connectivity index (χ1) is 8.54. The lowest BCUT2D eigenvalue weighted by Crippen LogP contribution is -2.02. The van der Waals surface area contributed by atoms with E-state index in [0.717, 1.165) is 0 Å². The van der Waals surface area contributed by atoms with Gasteiger partial charge in [-0.3, -0.25) is 14.9 Å². The van der Waals surface area contributed by atoms with Crippen LogP contribution in [0.3, 0.4) is 0 Å². The van der Waals surface area contributed by atoms with Crippen molar-refractivity contribution in [3.05, 3.63) is 33.9 Å². The highest BCUT2D eigenvalue weighted by Gasteiger charge is 2.10. The van der Waals surface area contributed by atoms with Crippen molar-refractivity contribution >= 4 is 11.5 Å². The minimum Gasteiger partial charge on any atom is -0.494 e. The molecule has 0 saturated carbocycles. The number of nitrogens with zero attached hydrogens (tertiary/aromatic N) is 1. The quantitative estimate of drug-likeness (QED) is 0.424. The topological polar surface area (TPSA) is 69.4 Å². The van der Waals surface area contributed by atoms with Crippen LogP contribution in [0.1, 0.15) is 31.7 Å². The van der Waals surface area contributed by atoms with Crippen molar-refractivity contribution in [2.45, 2.75) is 33.1 Å². The van der Waals surface area contributed by atoms with Crippen LogP contribution in [-0.4, -0.2) is 17.3 Å². The number of nitro benzene ring substituents is 1. The molecule has 0 aliphatic carbocycles. The summed E-state index contributed by atoms with van der Waals surface area (Å²) in [5.41, 5.74) is 0.658. The first-order valence-corrected chi connectivity index (χ1v) is 5.94. The maximum absolute atomic E-state index is 11.1. The number of Topliss-reactive ketones (excluding diaryl/α,β-unsaturated/α-hetero) is 1. The molecule has 0 bridgehead atoms. The van der Waals surface area contributed by atoms with Crippen molar-refractivity contribution in [2.24, 2.45) is 0 Å². The van der Waals surface area contributed by atoms with Gasteiger partial charge in [0.1, 0.15) is 11.5 Å². The van der Waals surface area contributed by atoms with Crippen molar-refractivity contribution in [1.29, 1.82) is 0 Å². The van der Waals surface area contributed by atoms with Crippen LogP contribution in [0.15, 0.2) is 18.2 Å². The molecule has 0 aliphatic rings. The number of nitro groups is 1. The summed E-state index contributed by atoms with van der Waals surface area (Å²) < 4.78 is 5.44. The van der Waals surface area contributed by atoms with Crippen molar-refractivity contribution in [2.75, 3.05) is 6.61 Å². The maximum Gasteiger partial charge on any atom is 0.272 e. The number of ether oxygens (including phenoxy) is 1. The molecule has 0 N–H and O–H groups in total. The monoisotopic (exact) mass is 251 g/mol. The predicted octanol–water partition coefficient (Wildman–Crippen LogP) is 3.04. The van der Waals surface area contributed by atoms with Gasteiger partial charge in [-0.05, 0) is 25.5 Å². The highest BCUT2D eigenvalue weighted by atomic mass is 16.6. The zero-order valence-electron chi connectivity index (χ0n) is 10.6. The van der Waals surface area contributed by atoms with Crippen LogP contribution in [0.2, 0.25) is 0 Å². The predicted molar refractivity (Wildman–Crippen MR) is 67.9 cm³/mol. The molecule has 0 unspecified atom stereocenters. The van der Waals surface area contributed by atoms with Crippen LogP contribution in [0.25, 0.3) is 0 Å². The summed E-state index contributed by atoms with van der Waals surface area (Å²) in [7, 11) is 0. The number of hydrogen-bond acceptors (Lipinski definition) is 4. The van der Waals surface area contributed by atoms with Gasteiger partial charge >= 0.3 is 0 Å². The highest BCUT2D eigenvalue weighted by Crippen LogP contribution is 2.23. The van der Waals surface area contributed by atoms with E-state index in [0.29, 0.717) is 37.2 Å². The fraction of sp³-hybridized carbons (Fsp3) is 0.462. The smallest absolute Gasteiger partial charge is 0.272 e. The lowest BCUT2D eigenvalue weighted by atomic mass is 10.2. The van der Waals surface area contributed by atoms with Crippen LogP contribution in [0.4, 0.5) is 5.69 Å². The van der Waals surface area contributed by atoms with Gasteiger partial charge < -0.3 is 4.74 Å². The van der Waals surface area contributed by atoms with E-state index in [9.17, 15) is 14.9 Å². The summed E-state index contributed by atoms with van der Waals surface area (Å²) in [5.74, 6) is 0.820. The molecule has 18 heavy (non-hydrogen) atoms. The number of rotatable bonds is 7. The Bertz CT molecular complexity index is 443. The van der Waals surface area contributed by atoms with Gasteiger partial charge in [-0.25, -0.2) is 0 Å². The van der Waals surface area contributed by atoms with Crippen molar-refractivity contribution in [1.82, 2.24) is 0 Å². The van der Waals surface area contributed by atoms with Crippen molar-refractivity contribution < 1.29 is 14.5 Å². The molecular weight excluding hydrogens is 234 g/mol. The van der Waals surface area contributed by atoms with Gasteiger partial charge in [0, 0.05) is 24.5 Å². The molecule has 0 amide bonds. The molecule has 0 aliphatic heterocycles. The average molecular weight is 251 g/mol.